The number of ether oxygens (including phenoxy) is 1. The van der Waals surface area contributed by atoms with Crippen LogP contribution in [0.3, 0.4) is 0 Å². The van der Waals surface area contributed by atoms with E-state index in [2.05, 4.69) is 0 Å². The van der Waals surface area contributed by atoms with Crippen molar-refractivity contribution < 1.29 is 26.9 Å². The summed E-state index contributed by atoms with van der Waals surface area (Å²) < 4.78 is 57.0. The molecule has 1 aliphatic heterocycles. The third kappa shape index (κ3) is 3.86. The maximum Gasteiger partial charge on any atom is 0.416 e. The van der Waals surface area contributed by atoms with Crippen molar-refractivity contribution in [2.45, 2.75) is 30.5 Å². The number of carbonyl (C=O) groups excluding carboxylic acids is 1. The van der Waals surface area contributed by atoms with Gasteiger partial charge >= 0.3 is 6.18 Å². The molecule has 0 saturated carbocycles. The van der Waals surface area contributed by atoms with Crippen molar-refractivity contribution in [3.05, 3.63) is 64.2 Å². The molecular formula is C20H16ClF3O3S. The molecule has 148 valence electrons. The average molecular weight is 429 g/mol. The second-order valence-corrected chi connectivity index (χ2v) is 8.67. The summed E-state index contributed by atoms with van der Waals surface area (Å²) in [6, 6.07) is 9.49. The number of hydrogen-bond donors (Lipinski definition) is 0. The number of benzene rings is 2. The highest BCUT2D eigenvalue weighted by molar-refractivity contribution is 7.84. The molecule has 3 rings (SSSR count). The Morgan fingerprint density at radius 3 is 2.18 bits per heavy atom. The van der Waals surface area contributed by atoms with Gasteiger partial charge in [-0.15, -0.1) is 0 Å². The first kappa shape index (κ1) is 20.6. The van der Waals surface area contributed by atoms with E-state index in [0.717, 1.165) is 12.1 Å². The normalized spacial score (nSPS) is 17.6. The molecule has 2 aromatic carbocycles. The molecular weight excluding hydrogens is 413 g/mol. The highest BCUT2D eigenvalue weighted by Gasteiger charge is 2.43. The van der Waals surface area contributed by atoms with Gasteiger partial charge in [-0.05, 0) is 49.7 Å². The second kappa shape index (κ2) is 7.04. The molecule has 0 N–H and O–H groups in total. The van der Waals surface area contributed by atoms with Crippen LogP contribution in [0.15, 0.2) is 47.4 Å². The Bertz CT molecular complexity index is 1010. The summed E-state index contributed by atoms with van der Waals surface area (Å²) in [6.45, 7) is 3.10. The fourth-order valence-electron chi connectivity index (χ4n) is 2.92. The summed E-state index contributed by atoms with van der Waals surface area (Å²) >= 11 is 5.89. The predicted octanol–water partition coefficient (Wildman–Crippen LogP) is 5.34. The van der Waals surface area contributed by atoms with Gasteiger partial charge in [-0.3, -0.25) is 9.00 Å². The summed E-state index contributed by atoms with van der Waals surface area (Å²) in [4.78, 5) is 13.5. The fraction of sp³-hybridized carbons (Fsp3) is 0.250. The molecule has 1 aliphatic rings. The highest BCUT2D eigenvalue weighted by Crippen LogP contribution is 2.43. The molecule has 0 spiro atoms. The molecule has 2 aromatic rings. The first-order valence-corrected chi connectivity index (χ1v) is 10.1. The van der Waals surface area contributed by atoms with Crippen LogP contribution in [0.2, 0.25) is 5.02 Å². The minimum atomic E-state index is -4.61. The van der Waals surface area contributed by atoms with E-state index in [4.69, 9.17) is 16.3 Å². The van der Waals surface area contributed by atoms with Crippen molar-refractivity contribution in [3.8, 4) is 0 Å². The molecule has 28 heavy (non-hydrogen) atoms. The topological polar surface area (TPSA) is 43.4 Å². The van der Waals surface area contributed by atoms with Gasteiger partial charge in [-0.25, -0.2) is 0 Å². The van der Waals surface area contributed by atoms with E-state index < -0.39 is 33.9 Å². The smallest absolute Gasteiger partial charge is 0.416 e. The van der Waals surface area contributed by atoms with E-state index >= 15 is 0 Å². The third-order valence-corrected chi connectivity index (χ3v) is 5.47. The molecule has 3 nitrogen and oxygen atoms in total. The van der Waals surface area contributed by atoms with Gasteiger partial charge in [0.05, 0.1) is 11.1 Å². The molecule has 1 atom stereocenters. The highest BCUT2D eigenvalue weighted by atomic mass is 35.5. The van der Waals surface area contributed by atoms with Crippen LogP contribution in [0.5, 0.6) is 0 Å². The largest absolute Gasteiger partial charge is 0.478 e. The minimum absolute atomic E-state index is 0.0309. The molecule has 0 radical (unpaired) electrons. The zero-order valence-corrected chi connectivity index (χ0v) is 16.8. The molecule has 0 amide bonds. The summed E-state index contributed by atoms with van der Waals surface area (Å²) in [5, 5.41) is -0.133. The zero-order chi connectivity index (χ0) is 20.9. The number of rotatable bonds is 3. The van der Waals surface area contributed by atoms with Crippen molar-refractivity contribution in [3.63, 3.8) is 0 Å². The van der Waals surface area contributed by atoms with E-state index in [1.165, 1.54) is 12.3 Å². The zero-order valence-electron chi connectivity index (χ0n) is 15.2. The molecule has 0 fully saturated rings. The molecule has 0 aromatic heterocycles. The van der Waals surface area contributed by atoms with Crippen LogP contribution in [0.4, 0.5) is 13.2 Å². The maximum absolute atomic E-state index is 13.2. The first-order valence-electron chi connectivity index (χ1n) is 8.20. The van der Waals surface area contributed by atoms with Gasteiger partial charge in [0.2, 0.25) is 5.78 Å². The maximum atomic E-state index is 13.2. The van der Waals surface area contributed by atoms with Gasteiger partial charge in [0.1, 0.15) is 5.76 Å². The SMILES string of the molecule is CS(=O)c1ccc(C2=C(c3cc(Cl)cc(C(F)(F)F)c3)C(=O)C(C)(C)O2)cc1. The third-order valence-electron chi connectivity index (χ3n) is 4.32. The number of alkyl halides is 3. The van der Waals surface area contributed by atoms with Gasteiger partial charge in [0, 0.05) is 32.5 Å². The lowest BCUT2D eigenvalue weighted by Crippen LogP contribution is -2.29. The standard InChI is InChI=1S/C20H16ClF3O3S/c1-19(2)18(25)16(12-8-13(20(22,23)24)10-14(21)9-12)17(27-19)11-4-6-15(7-5-11)28(3)26/h4-10H,1-3H3. The average Bonchev–Trinajstić information content (AvgIpc) is 2.83. The Balaban J connectivity index is 2.21. The van der Waals surface area contributed by atoms with Crippen molar-refractivity contribution in [1.82, 2.24) is 0 Å². The summed E-state index contributed by atoms with van der Waals surface area (Å²) in [5.74, 6) is -0.278. The van der Waals surface area contributed by atoms with Crippen LogP contribution < -0.4 is 0 Å². The number of Topliss-reactive ketones (excluding diaryl/α,β-unsaturated/α-hetero) is 1. The van der Waals surface area contributed by atoms with Gasteiger partial charge in [-0.2, -0.15) is 13.2 Å². The summed E-state index contributed by atoms with van der Waals surface area (Å²) in [5.41, 5.74) is -1.62. The van der Waals surface area contributed by atoms with Crippen LogP contribution in [0.25, 0.3) is 11.3 Å². The van der Waals surface area contributed by atoms with Crippen LogP contribution >= 0.6 is 11.6 Å². The monoisotopic (exact) mass is 428 g/mol. The Hall–Kier alpha value is -2.12. The van der Waals surface area contributed by atoms with Gasteiger partial charge in [0.15, 0.2) is 5.60 Å². The Kier molecular flexibility index (Phi) is 5.18. The summed E-state index contributed by atoms with van der Waals surface area (Å²) in [7, 11) is -1.19. The molecule has 0 saturated heterocycles. The molecule has 8 heteroatoms. The van der Waals surface area contributed by atoms with E-state index in [-0.39, 0.29) is 21.9 Å². The van der Waals surface area contributed by atoms with Crippen LogP contribution in [-0.4, -0.2) is 21.8 Å². The lowest BCUT2D eigenvalue weighted by Gasteiger charge is -2.18. The lowest BCUT2D eigenvalue weighted by molar-refractivity contribution is -0.137. The fourth-order valence-corrected chi connectivity index (χ4v) is 3.67. The van der Waals surface area contributed by atoms with Crippen molar-refractivity contribution in [2.75, 3.05) is 6.26 Å². The second-order valence-electron chi connectivity index (χ2n) is 6.85. The summed E-state index contributed by atoms with van der Waals surface area (Å²) in [6.07, 6.45) is -3.08. The molecule has 0 bridgehead atoms. The van der Waals surface area contributed by atoms with Gasteiger partial charge in [-0.1, -0.05) is 23.7 Å². The molecule has 0 aliphatic carbocycles. The Labute approximate surface area is 167 Å². The van der Waals surface area contributed by atoms with Gasteiger partial charge in [0.25, 0.3) is 0 Å². The lowest BCUT2D eigenvalue weighted by atomic mass is 9.91. The van der Waals surface area contributed by atoms with E-state index in [1.54, 1.807) is 38.1 Å². The van der Waals surface area contributed by atoms with E-state index in [1.807, 2.05) is 0 Å². The Morgan fingerprint density at radius 1 is 1.04 bits per heavy atom. The first-order chi connectivity index (χ1) is 12.9. The van der Waals surface area contributed by atoms with Crippen molar-refractivity contribution >= 4 is 39.5 Å². The predicted molar refractivity (Wildman–Crippen MR) is 102 cm³/mol. The van der Waals surface area contributed by atoms with E-state index in [0.29, 0.717) is 10.5 Å². The number of hydrogen-bond acceptors (Lipinski definition) is 3. The van der Waals surface area contributed by atoms with E-state index in [9.17, 15) is 22.2 Å². The Morgan fingerprint density at radius 2 is 1.64 bits per heavy atom. The number of halogens is 4. The molecule has 1 heterocycles. The quantitative estimate of drug-likeness (QED) is 0.662. The number of carbonyl (C=O) groups is 1. The minimum Gasteiger partial charge on any atom is -0.478 e. The van der Waals surface area contributed by atoms with Gasteiger partial charge < -0.3 is 4.74 Å². The van der Waals surface area contributed by atoms with Crippen molar-refractivity contribution in [2.24, 2.45) is 0 Å². The van der Waals surface area contributed by atoms with Crippen molar-refractivity contribution in [1.29, 1.82) is 0 Å². The van der Waals surface area contributed by atoms with Crippen LogP contribution in [-0.2, 0) is 26.5 Å². The van der Waals surface area contributed by atoms with Crippen LogP contribution in [0.1, 0.15) is 30.5 Å². The number of ketones is 1. The molecule has 1 unspecified atom stereocenters. The van der Waals surface area contributed by atoms with Crippen LogP contribution in [0, 0.1) is 0 Å².